The van der Waals surface area contributed by atoms with Gasteiger partial charge < -0.3 is 5.21 Å². The molecule has 0 amide bonds. The highest BCUT2D eigenvalue weighted by atomic mass is 32.1. The van der Waals surface area contributed by atoms with Crippen LogP contribution in [0.1, 0.15) is 35.8 Å². The first-order chi connectivity index (χ1) is 16.3. The molecule has 9 heteroatoms. The van der Waals surface area contributed by atoms with Crippen LogP contribution < -0.4 is 0 Å². The maximum atomic E-state index is 13.5. The van der Waals surface area contributed by atoms with E-state index in [9.17, 15) is 33.3 Å². The van der Waals surface area contributed by atoms with Gasteiger partial charge in [0, 0.05) is 15.8 Å². The maximum absolute atomic E-state index is 13.5. The highest BCUT2D eigenvalue weighted by Gasteiger charge is 2.35. The molecular weight excluding hydrogens is 466 g/mol. The minimum absolute atomic E-state index is 0.0909. The van der Waals surface area contributed by atoms with Gasteiger partial charge in [0.1, 0.15) is 11.7 Å². The van der Waals surface area contributed by atoms with Gasteiger partial charge in [-0.15, -0.1) is 11.3 Å². The van der Waals surface area contributed by atoms with Crippen molar-refractivity contribution in [3.8, 4) is 23.4 Å². The van der Waals surface area contributed by atoms with Crippen molar-refractivity contribution >= 4 is 22.2 Å². The second-order valence-corrected chi connectivity index (χ2v) is 8.02. The first-order valence-corrected chi connectivity index (χ1v) is 11.2. The molecule has 0 aliphatic heterocycles. The summed E-state index contributed by atoms with van der Waals surface area (Å²) in [4.78, 5) is 0.633. The fraction of sp³-hybridized carbons (Fsp3) is 0.200. The fourth-order valence-electron chi connectivity index (χ4n) is 3.79. The van der Waals surface area contributed by atoms with Gasteiger partial charge in [0.25, 0.3) is 0 Å². The molecule has 0 spiro atoms. The molecule has 2 aromatic heterocycles. The largest absolute Gasteiger partial charge is 0.428 e. The third-order valence-corrected chi connectivity index (χ3v) is 6.16. The predicted molar refractivity (Wildman–Crippen MR) is 122 cm³/mol. The molecule has 2 heterocycles. The second-order valence-electron chi connectivity index (χ2n) is 7.04. The smallest absolute Gasteiger partial charge is 0.416 e. The molecule has 4 nitrogen and oxygen atoms in total. The molecule has 0 saturated heterocycles. The average Bonchev–Trinajstić information content (AvgIpc) is 3.45. The summed E-state index contributed by atoms with van der Waals surface area (Å²) in [5.74, 6) is -2.56. The van der Waals surface area contributed by atoms with Gasteiger partial charge in [-0.3, -0.25) is 0 Å². The molecule has 0 fully saturated rings. The molecule has 0 radical (unpaired) electrons. The van der Waals surface area contributed by atoms with Gasteiger partial charge >= 0.3 is 6.18 Å². The quantitative estimate of drug-likeness (QED) is 0.239. The molecular formula is C25H19F4N3OS. The van der Waals surface area contributed by atoms with Gasteiger partial charge in [-0.2, -0.15) is 28.4 Å². The lowest BCUT2D eigenvalue weighted by Crippen LogP contribution is -2.11. The monoisotopic (exact) mass is 485 g/mol. The Hall–Kier alpha value is -3.82. The summed E-state index contributed by atoms with van der Waals surface area (Å²) >= 11 is 1.28. The van der Waals surface area contributed by atoms with E-state index in [4.69, 9.17) is 0 Å². The first kappa shape index (κ1) is 24.8. The molecule has 1 atom stereocenters. The van der Waals surface area contributed by atoms with Crippen LogP contribution in [-0.4, -0.2) is 9.94 Å². The molecule has 0 aliphatic rings. The van der Waals surface area contributed by atoms with Crippen molar-refractivity contribution in [2.45, 2.75) is 25.9 Å². The van der Waals surface area contributed by atoms with Crippen LogP contribution >= 0.6 is 11.3 Å². The topological polar surface area (TPSA) is 72.7 Å². The Morgan fingerprint density at radius 3 is 2.18 bits per heavy atom. The number of halogens is 4. The lowest BCUT2D eigenvalue weighted by Gasteiger charge is -2.18. The number of nitrogens with zero attached hydrogens (tertiary/aromatic N) is 3. The number of alkyl halides is 3. The van der Waals surface area contributed by atoms with Gasteiger partial charge in [-0.05, 0) is 53.4 Å². The van der Waals surface area contributed by atoms with Crippen molar-refractivity contribution in [1.29, 1.82) is 10.5 Å². The first-order valence-electron chi connectivity index (χ1n) is 10.3. The van der Waals surface area contributed by atoms with Crippen LogP contribution in [0.4, 0.5) is 17.6 Å². The van der Waals surface area contributed by atoms with E-state index in [0.29, 0.717) is 20.7 Å². The van der Waals surface area contributed by atoms with Crippen molar-refractivity contribution in [1.82, 2.24) is 4.73 Å². The summed E-state index contributed by atoms with van der Waals surface area (Å²) in [6.07, 6.45) is -4.64. The van der Waals surface area contributed by atoms with E-state index in [1.807, 2.05) is 26.0 Å². The number of benzene rings is 2. The zero-order valence-electron chi connectivity index (χ0n) is 18.1. The van der Waals surface area contributed by atoms with Crippen LogP contribution in [0.3, 0.4) is 0 Å². The molecule has 174 valence electrons. The van der Waals surface area contributed by atoms with Crippen molar-refractivity contribution < 1.29 is 22.8 Å². The minimum atomic E-state index is -4.64. The SMILES string of the molecule is CC.N#CC(C#N)C(c1cccs1)c1c(-c2ccc(F)cc2)n(O)c2cc(C(F)(F)F)ccc12. The third kappa shape index (κ3) is 4.48. The summed E-state index contributed by atoms with van der Waals surface area (Å²) in [5, 5.41) is 32.3. The standard InChI is InChI=1S/C23H13F4N3OS.C2H6/c24-16-6-3-13(4-7-16)22-21(20(14(11-28)12-29)19-2-1-9-32-19)17-8-5-15(23(25,26)27)10-18(17)30(22)31;1-2/h1-10,14,20,31H;1-2H3. The summed E-state index contributed by atoms with van der Waals surface area (Å²) in [6.45, 7) is 4.00. The van der Waals surface area contributed by atoms with Crippen molar-refractivity contribution in [3.63, 3.8) is 0 Å². The average molecular weight is 486 g/mol. The van der Waals surface area contributed by atoms with E-state index in [0.717, 1.165) is 24.3 Å². The van der Waals surface area contributed by atoms with Gasteiger partial charge in [-0.25, -0.2) is 4.39 Å². The van der Waals surface area contributed by atoms with Crippen LogP contribution in [-0.2, 0) is 6.18 Å². The van der Waals surface area contributed by atoms with Crippen LogP contribution in [0.25, 0.3) is 22.2 Å². The van der Waals surface area contributed by atoms with Gasteiger partial charge in [-0.1, -0.05) is 26.0 Å². The Morgan fingerprint density at radius 1 is 1.00 bits per heavy atom. The highest BCUT2D eigenvalue weighted by Crippen LogP contribution is 2.45. The van der Waals surface area contributed by atoms with Gasteiger partial charge in [0.05, 0.1) is 34.8 Å². The Bertz CT molecular complexity index is 1350. The molecule has 4 rings (SSSR count). The molecule has 1 unspecified atom stereocenters. The number of rotatable bonds is 4. The van der Waals surface area contributed by atoms with Crippen LogP contribution in [0, 0.1) is 34.4 Å². The van der Waals surface area contributed by atoms with E-state index < -0.39 is 29.4 Å². The van der Waals surface area contributed by atoms with Gasteiger partial charge in [0.2, 0.25) is 0 Å². The lowest BCUT2D eigenvalue weighted by atomic mass is 9.83. The molecule has 34 heavy (non-hydrogen) atoms. The van der Waals surface area contributed by atoms with E-state index in [-0.39, 0.29) is 16.6 Å². The van der Waals surface area contributed by atoms with Crippen molar-refractivity contribution in [2.24, 2.45) is 5.92 Å². The predicted octanol–water partition coefficient (Wildman–Crippen LogP) is 7.59. The zero-order chi connectivity index (χ0) is 25.0. The molecule has 0 bridgehead atoms. The van der Waals surface area contributed by atoms with Gasteiger partial charge in [0.15, 0.2) is 0 Å². The van der Waals surface area contributed by atoms with Crippen molar-refractivity contribution in [2.75, 3.05) is 0 Å². The Labute approximate surface area is 197 Å². The van der Waals surface area contributed by atoms with E-state index >= 15 is 0 Å². The Morgan fingerprint density at radius 2 is 1.65 bits per heavy atom. The maximum Gasteiger partial charge on any atom is 0.416 e. The Kier molecular flexibility index (Phi) is 7.29. The molecule has 0 saturated carbocycles. The summed E-state index contributed by atoms with van der Waals surface area (Å²) in [6, 6.07) is 15.3. The number of nitriles is 2. The number of aromatic nitrogens is 1. The number of fused-ring (bicyclic) bond motifs is 1. The molecule has 0 aliphatic carbocycles. The van der Waals surface area contributed by atoms with Crippen LogP contribution in [0.2, 0.25) is 0 Å². The molecule has 1 N–H and O–H groups in total. The summed E-state index contributed by atoms with van der Waals surface area (Å²) in [5.41, 5.74) is -0.360. The normalized spacial score (nSPS) is 12.0. The molecule has 2 aromatic carbocycles. The third-order valence-electron chi connectivity index (χ3n) is 5.20. The van der Waals surface area contributed by atoms with E-state index in [1.165, 1.54) is 29.5 Å². The zero-order valence-corrected chi connectivity index (χ0v) is 19.0. The lowest BCUT2D eigenvalue weighted by molar-refractivity contribution is -0.137. The number of hydrogen-bond donors (Lipinski definition) is 1. The number of hydrogen-bond acceptors (Lipinski definition) is 4. The summed E-state index contributed by atoms with van der Waals surface area (Å²) < 4.78 is 54.1. The number of thiophene rings is 1. The van der Waals surface area contributed by atoms with Crippen molar-refractivity contribution in [3.05, 3.63) is 81.8 Å². The van der Waals surface area contributed by atoms with E-state index in [2.05, 4.69) is 0 Å². The fourth-order valence-corrected chi connectivity index (χ4v) is 4.66. The Balaban J connectivity index is 0.00000158. The summed E-state index contributed by atoms with van der Waals surface area (Å²) in [7, 11) is 0. The second kappa shape index (κ2) is 9.98. The minimum Gasteiger partial charge on any atom is -0.428 e. The van der Waals surface area contributed by atoms with Crippen LogP contribution in [0.5, 0.6) is 0 Å². The highest BCUT2D eigenvalue weighted by molar-refractivity contribution is 7.10. The van der Waals surface area contributed by atoms with Crippen LogP contribution in [0.15, 0.2) is 60.0 Å². The molecule has 4 aromatic rings. The van der Waals surface area contributed by atoms with E-state index in [1.54, 1.807) is 17.5 Å².